The molecule has 10 nitrogen and oxygen atoms in total. The van der Waals surface area contributed by atoms with Crippen molar-refractivity contribution in [2.24, 2.45) is 0 Å². The van der Waals surface area contributed by atoms with E-state index in [0.29, 0.717) is 61.1 Å². The number of ether oxygens (including phenoxy) is 1. The van der Waals surface area contributed by atoms with Crippen LogP contribution in [0.15, 0.2) is 40.9 Å². The first kappa shape index (κ1) is 25.7. The molecule has 0 saturated carbocycles. The zero-order valence-electron chi connectivity index (χ0n) is 21.1. The van der Waals surface area contributed by atoms with Gasteiger partial charge in [-0.3, -0.25) is 4.90 Å². The zero-order valence-corrected chi connectivity index (χ0v) is 21.9. The van der Waals surface area contributed by atoms with Crippen LogP contribution in [0.25, 0.3) is 22.8 Å². The van der Waals surface area contributed by atoms with E-state index in [-0.39, 0.29) is 24.0 Å². The summed E-state index contributed by atoms with van der Waals surface area (Å²) in [5, 5.41) is 13.9. The number of sulfonamides is 1. The lowest BCUT2D eigenvalue weighted by Crippen LogP contribution is -2.35. The van der Waals surface area contributed by atoms with Gasteiger partial charge in [0.1, 0.15) is 5.75 Å². The number of β-amino-alcohol motifs (C(OH)–C–C–N with tert-alkyl or cyclic N) is 1. The Bertz CT molecular complexity index is 1370. The number of aliphatic hydroxyl groups excluding tert-OH is 1. The Kier molecular flexibility index (Phi) is 7.21. The summed E-state index contributed by atoms with van der Waals surface area (Å²) < 4.78 is 39.7. The predicted octanol–water partition coefficient (Wildman–Crippen LogP) is 2.75. The molecule has 0 amide bonds. The van der Waals surface area contributed by atoms with Gasteiger partial charge in [-0.1, -0.05) is 23.4 Å². The molecule has 2 aromatic carbocycles. The van der Waals surface area contributed by atoms with E-state index in [1.807, 2.05) is 43.0 Å². The lowest BCUT2D eigenvalue weighted by molar-refractivity contribution is 0.178. The average molecular weight is 528 g/mol. The van der Waals surface area contributed by atoms with Crippen LogP contribution in [0.1, 0.15) is 43.9 Å². The number of fused-ring (bicyclic) bond motifs is 1. The van der Waals surface area contributed by atoms with E-state index in [1.54, 1.807) is 12.1 Å². The number of nitrogens with two attached hydrogens (primary N) is 1. The molecule has 0 unspecified atom stereocenters. The van der Waals surface area contributed by atoms with E-state index in [9.17, 15) is 13.5 Å². The van der Waals surface area contributed by atoms with Gasteiger partial charge in [0, 0.05) is 36.8 Å². The van der Waals surface area contributed by atoms with Crippen molar-refractivity contribution in [3.05, 3.63) is 47.5 Å². The van der Waals surface area contributed by atoms with Crippen LogP contribution < -0.4 is 15.2 Å². The number of likely N-dealkylation sites (tertiary alicyclic amines) is 1. The second-order valence-electron chi connectivity index (χ2n) is 9.99. The van der Waals surface area contributed by atoms with Crippen LogP contribution in [0, 0.1) is 0 Å². The molecule has 1 aliphatic heterocycles. The normalized spacial score (nSPS) is 20.0. The minimum atomic E-state index is -3.48. The van der Waals surface area contributed by atoms with E-state index in [2.05, 4.69) is 14.9 Å². The van der Waals surface area contributed by atoms with Gasteiger partial charge in [0.2, 0.25) is 15.8 Å². The topological polar surface area (TPSA) is 144 Å². The number of benzene rings is 2. The van der Waals surface area contributed by atoms with E-state index >= 15 is 0 Å². The lowest BCUT2D eigenvalue weighted by Gasteiger charge is -2.18. The van der Waals surface area contributed by atoms with Gasteiger partial charge in [0.15, 0.2) is 0 Å². The highest BCUT2D eigenvalue weighted by atomic mass is 32.2. The highest BCUT2D eigenvalue weighted by Gasteiger charge is 2.30. The van der Waals surface area contributed by atoms with Crippen LogP contribution in [0.5, 0.6) is 5.75 Å². The SMILES string of the molecule is CC(C)Oc1ccc(-c2nc(-c3cccc4c3CC[C@@H]4NS(=O)(=O)CCN3CC[C@H](O)C3)no2)cc1N. The third-order valence-electron chi connectivity index (χ3n) is 6.80. The first-order chi connectivity index (χ1) is 17.7. The van der Waals surface area contributed by atoms with E-state index in [0.717, 1.165) is 23.2 Å². The minimum Gasteiger partial charge on any atom is -0.489 e. The standard InChI is InChI=1S/C26H33N5O5S/c1-16(2)35-24-9-6-17(14-22(24)27)26-28-25(29-36-26)21-5-3-4-20-19(21)7-8-23(20)30-37(33,34)13-12-31-11-10-18(32)15-31/h3-6,9,14,16,18,23,30,32H,7-8,10-13,15,27H2,1-2H3/t18-,23-/m0/s1. The molecule has 2 atom stereocenters. The zero-order chi connectivity index (χ0) is 26.2. The van der Waals surface area contributed by atoms with Gasteiger partial charge >= 0.3 is 0 Å². The van der Waals surface area contributed by atoms with E-state index in [1.165, 1.54) is 0 Å². The summed E-state index contributed by atoms with van der Waals surface area (Å²) in [7, 11) is -3.48. The largest absolute Gasteiger partial charge is 0.489 e. The Labute approximate surface area is 216 Å². The molecular weight excluding hydrogens is 494 g/mol. The first-order valence-corrected chi connectivity index (χ1v) is 14.3. The molecule has 3 aromatic rings. The molecule has 4 N–H and O–H groups in total. The molecule has 37 heavy (non-hydrogen) atoms. The molecule has 0 bridgehead atoms. The quantitative estimate of drug-likeness (QED) is 0.358. The molecule has 1 saturated heterocycles. The van der Waals surface area contributed by atoms with Crippen LogP contribution >= 0.6 is 0 Å². The lowest BCUT2D eigenvalue weighted by atomic mass is 10.0. The number of aliphatic hydroxyl groups is 1. The fraction of sp³-hybridized carbons (Fsp3) is 0.462. The van der Waals surface area contributed by atoms with Gasteiger partial charge in [-0.2, -0.15) is 4.98 Å². The van der Waals surface area contributed by atoms with Crippen molar-refractivity contribution in [1.82, 2.24) is 19.8 Å². The maximum atomic E-state index is 12.8. The predicted molar refractivity (Wildman–Crippen MR) is 140 cm³/mol. The van der Waals surface area contributed by atoms with Crippen molar-refractivity contribution in [2.45, 2.75) is 51.4 Å². The highest BCUT2D eigenvalue weighted by Crippen LogP contribution is 2.38. The Hall–Kier alpha value is -2.99. The maximum absolute atomic E-state index is 12.8. The molecule has 1 aliphatic carbocycles. The number of nitrogens with zero attached hydrogens (tertiary/aromatic N) is 3. The summed E-state index contributed by atoms with van der Waals surface area (Å²) in [6, 6.07) is 10.8. The van der Waals surface area contributed by atoms with Crippen molar-refractivity contribution in [3.8, 4) is 28.6 Å². The van der Waals surface area contributed by atoms with Crippen molar-refractivity contribution in [1.29, 1.82) is 0 Å². The van der Waals surface area contributed by atoms with Crippen LogP contribution in [0.3, 0.4) is 0 Å². The molecule has 0 spiro atoms. The van der Waals surface area contributed by atoms with Crippen molar-refractivity contribution in [3.63, 3.8) is 0 Å². The number of aromatic nitrogens is 2. The molecular formula is C26H33N5O5S. The molecule has 5 rings (SSSR count). The van der Waals surface area contributed by atoms with Gasteiger partial charge in [-0.05, 0) is 62.4 Å². The number of nitrogen functional groups attached to an aromatic ring is 1. The molecule has 0 radical (unpaired) electrons. The summed E-state index contributed by atoms with van der Waals surface area (Å²) in [6.07, 6.45) is 1.70. The molecule has 1 fully saturated rings. The fourth-order valence-corrected chi connectivity index (χ4v) is 6.31. The second kappa shape index (κ2) is 10.4. The summed E-state index contributed by atoms with van der Waals surface area (Å²) >= 11 is 0. The number of hydrogen-bond acceptors (Lipinski definition) is 9. The van der Waals surface area contributed by atoms with Crippen molar-refractivity contribution in [2.75, 3.05) is 31.1 Å². The highest BCUT2D eigenvalue weighted by molar-refractivity contribution is 7.89. The second-order valence-corrected chi connectivity index (χ2v) is 11.9. The molecule has 1 aromatic heterocycles. The first-order valence-electron chi connectivity index (χ1n) is 12.6. The number of hydrogen-bond donors (Lipinski definition) is 3. The Morgan fingerprint density at radius 1 is 1.27 bits per heavy atom. The number of anilines is 1. The molecule has 2 aliphatic rings. The summed E-state index contributed by atoms with van der Waals surface area (Å²) in [5.74, 6) is 1.40. The minimum absolute atomic E-state index is 0.00355. The fourth-order valence-electron chi connectivity index (χ4n) is 5.02. The summed E-state index contributed by atoms with van der Waals surface area (Å²) in [6.45, 7) is 5.53. The molecule has 11 heteroatoms. The smallest absolute Gasteiger partial charge is 0.258 e. The summed E-state index contributed by atoms with van der Waals surface area (Å²) in [5.41, 5.74) is 10.1. The van der Waals surface area contributed by atoms with Crippen LogP contribution in [0.4, 0.5) is 5.69 Å². The van der Waals surface area contributed by atoms with Crippen LogP contribution in [-0.4, -0.2) is 66.2 Å². The van der Waals surface area contributed by atoms with E-state index < -0.39 is 10.0 Å². The van der Waals surface area contributed by atoms with Gasteiger partial charge in [0.25, 0.3) is 5.89 Å². The van der Waals surface area contributed by atoms with Gasteiger partial charge in [0.05, 0.1) is 23.6 Å². The van der Waals surface area contributed by atoms with Crippen molar-refractivity contribution >= 4 is 15.7 Å². The van der Waals surface area contributed by atoms with Gasteiger partial charge < -0.3 is 20.1 Å². The van der Waals surface area contributed by atoms with Crippen molar-refractivity contribution < 1.29 is 22.8 Å². The number of nitrogens with one attached hydrogen (secondary N) is 1. The van der Waals surface area contributed by atoms with Gasteiger partial charge in [-0.25, -0.2) is 13.1 Å². The summed E-state index contributed by atoms with van der Waals surface area (Å²) in [4.78, 5) is 6.58. The Morgan fingerprint density at radius 2 is 2.11 bits per heavy atom. The van der Waals surface area contributed by atoms with Crippen LogP contribution in [-0.2, 0) is 16.4 Å². The molecule has 198 valence electrons. The Balaban J connectivity index is 1.31. The maximum Gasteiger partial charge on any atom is 0.258 e. The number of rotatable bonds is 9. The third kappa shape index (κ3) is 5.80. The average Bonchev–Trinajstić information content (AvgIpc) is 3.59. The van der Waals surface area contributed by atoms with Crippen LogP contribution in [0.2, 0.25) is 0 Å². The van der Waals surface area contributed by atoms with Gasteiger partial charge in [-0.15, -0.1) is 0 Å². The molecule has 2 heterocycles. The monoisotopic (exact) mass is 527 g/mol. The Morgan fingerprint density at radius 3 is 2.84 bits per heavy atom. The van der Waals surface area contributed by atoms with E-state index in [4.69, 9.17) is 15.0 Å². The third-order valence-corrected chi connectivity index (χ3v) is 8.17.